The average Bonchev–Trinajstić information content (AvgIpc) is 2.73. The summed E-state index contributed by atoms with van der Waals surface area (Å²) in [6, 6.07) is 0. The summed E-state index contributed by atoms with van der Waals surface area (Å²) in [6.07, 6.45) is 0. The second-order valence-electron chi connectivity index (χ2n) is 3.78. The van der Waals surface area contributed by atoms with E-state index in [1.165, 1.54) is 0 Å². The van der Waals surface area contributed by atoms with Crippen LogP contribution < -0.4 is 5.32 Å². The van der Waals surface area contributed by atoms with Crippen LogP contribution in [0.1, 0.15) is 17.0 Å². The SMILES string of the molecule is Cc1noc(C)c1CNC1=NCCN1C. The highest BCUT2D eigenvalue weighted by Gasteiger charge is 2.14. The maximum absolute atomic E-state index is 5.09. The molecule has 0 fully saturated rings. The molecule has 0 saturated heterocycles. The zero-order valence-electron chi connectivity index (χ0n) is 9.37. The first kappa shape index (κ1) is 10.0. The number of rotatable bonds is 2. The van der Waals surface area contributed by atoms with Gasteiger partial charge in [0, 0.05) is 25.7 Å². The van der Waals surface area contributed by atoms with Crippen LogP contribution in [0.2, 0.25) is 0 Å². The molecule has 5 nitrogen and oxygen atoms in total. The van der Waals surface area contributed by atoms with Gasteiger partial charge in [-0.1, -0.05) is 5.16 Å². The largest absolute Gasteiger partial charge is 0.361 e. The molecule has 2 rings (SSSR count). The van der Waals surface area contributed by atoms with Crippen LogP contribution in [0.25, 0.3) is 0 Å². The maximum Gasteiger partial charge on any atom is 0.194 e. The minimum atomic E-state index is 0.727. The molecule has 0 saturated carbocycles. The standard InChI is InChI=1S/C10H16N4O/c1-7-9(8(2)15-13-7)6-12-10-11-4-5-14(10)3/h4-6H2,1-3H3,(H,11,12). The number of hydrogen-bond acceptors (Lipinski definition) is 5. The molecule has 0 radical (unpaired) electrons. The molecular formula is C10H16N4O. The van der Waals surface area contributed by atoms with E-state index < -0.39 is 0 Å². The Kier molecular flexibility index (Phi) is 2.62. The third-order valence-corrected chi connectivity index (χ3v) is 2.66. The number of nitrogens with one attached hydrogen (secondary N) is 1. The van der Waals surface area contributed by atoms with Crippen molar-refractivity contribution in [3.05, 3.63) is 17.0 Å². The second-order valence-corrected chi connectivity index (χ2v) is 3.78. The molecule has 0 amide bonds. The predicted molar refractivity (Wildman–Crippen MR) is 57.7 cm³/mol. The van der Waals surface area contributed by atoms with Gasteiger partial charge in [-0.15, -0.1) is 0 Å². The van der Waals surface area contributed by atoms with Crippen LogP contribution in [0.15, 0.2) is 9.52 Å². The van der Waals surface area contributed by atoms with Gasteiger partial charge in [-0.3, -0.25) is 4.99 Å². The van der Waals surface area contributed by atoms with Crippen molar-refractivity contribution in [1.82, 2.24) is 15.4 Å². The molecule has 0 spiro atoms. The fourth-order valence-corrected chi connectivity index (χ4v) is 1.65. The molecular weight excluding hydrogens is 192 g/mol. The number of aryl methyl sites for hydroxylation is 2. The first-order chi connectivity index (χ1) is 7.18. The Morgan fingerprint density at radius 2 is 2.27 bits per heavy atom. The molecule has 1 aliphatic heterocycles. The van der Waals surface area contributed by atoms with Crippen molar-refractivity contribution in [2.24, 2.45) is 4.99 Å². The summed E-state index contributed by atoms with van der Waals surface area (Å²) in [6.45, 7) is 6.47. The first-order valence-electron chi connectivity index (χ1n) is 5.09. The van der Waals surface area contributed by atoms with E-state index in [-0.39, 0.29) is 0 Å². The zero-order chi connectivity index (χ0) is 10.8. The van der Waals surface area contributed by atoms with Gasteiger partial charge in [0.2, 0.25) is 0 Å². The van der Waals surface area contributed by atoms with Crippen LogP contribution in [0.5, 0.6) is 0 Å². The zero-order valence-corrected chi connectivity index (χ0v) is 9.37. The Morgan fingerprint density at radius 3 is 2.80 bits per heavy atom. The van der Waals surface area contributed by atoms with Crippen molar-refractivity contribution in [3.63, 3.8) is 0 Å². The minimum absolute atomic E-state index is 0.727. The molecule has 1 aromatic rings. The molecule has 1 aliphatic rings. The summed E-state index contributed by atoms with van der Waals surface area (Å²) in [5, 5.41) is 7.20. The molecule has 5 heteroatoms. The van der Waals surface area contributed by atoms with E-state index >= 15 is 0 Å². The Bertz CT molecular complexity index is 363. The topological polar surface area (TPSA) is 53.7 Å². The van der Waals surface area contributed by atoms with Gasteiger partial charge in [-0.05, 0) is 13.8 Å². The van der Waals surface area contributed by atoms with Gasteiger partial charge < -0.3 is 14.7 Å². The molecule has 0 atom stereocenters. The maximum atomic E-state index is 5.09. The highest BCUT2D eigenvalue weighted by Crippen LogP contribution is 2.11. The highest BCUT2D eigenvalue weighted by atomic mass is 16.5. The predicted octanol–water partition coefficient (Wildman–Crippen LogP) is 0.682. The van der Waals surface area contributed by atoms with Crippen molar-refractivity contribution in [2.45, 2.75) is 20.4 Å². The van der Waals surface area contributed by atoms with Gasteiger partial charge in [0.15, 0.2) is 5.96 Å². The monoisotopic (exact) mass is 208 g/mol. The molecule has 2 heterocycles. The summed E-state index contributed by atoms with van der Waals surface area (Å²) in [7, 11) is 2.03. The van der Waals surface area contributed by atoms with Crippen molar-refractivity contribution in [3.8, 4) is 0 Å². The summed E-state index contributed by atoms with van der Waals surface area (Å²) in [4.78, 5) is 6.47. The molecule has 15 heavy (non-hydrogen) atoms. The van der Waals surface area contributed by atoms with Gasteiger partial charge >= 0.3 is 0 Å². The normalized spacial score (nSPS) is 15.7. The van der Waals surface area contributed by atoms with E-state index in [2.05, 4.69) is 20.4 Å². The Labute approximate surface area is 89.2 Å². The van der Waals surface area contributed by atoms with Crippen molar-refractivity contribution in [2.75, 3.05) is 20.1 Å². The molecule has 0 aromatic carbocycles. The van der Waals surface area contributed by atoms with Crippen molar-refractivity contribution < 1.29 is 4.52 Å². The lowest BCUT2D eigenvalue weighted by atomic mass is 10.2. The molecule has 0 bridgehead atoms. The van der Waals surface area contributed by atoms with Crippen LogP contribution in [0, 0.1) is 13.8 Å². The molecule has 0 unspecified atom stereocenters. The number of nitrogens with zero attached hydrogens (tertiary/aromatic N) is 3. The molecule has 82 valence electrons. The lowest BCUT2D eigenvalue weighted by molar-refractivity contribution is 0.392. The third-order valence-electron chi connectivity index (χ3n) is 2.66. The number of hydrogen-bond donors (Lipinski definition) is 1. The number of aromatic nitrogens is 1. The number of likely N-dealkylation sites (N-methyl/N-ethyl adjacent to an activating group) is 1. The summed E-state index contributed by atoms with van der Waals surface area (Å²) < 4.78 is 5.09. The van der Waals surface area contributed by atoms with Crippen LogP contribution in [0.4, 0.5) is 0 Å². The third kappa shape index (κ3) is 1.95. The summed E-state index contributed by atoms with van der Waals surface area (Å²) in [5.41, 5.74) is 2.07. The van der Waals surface area contributed by atoms with Crippen LogP contribution >= 0.6 is 0 Å². The lowest BCUT2D eigenvalue weighted by Gasteiger charge is -2.14. The van der Waals surface area contributed by atoms with Crippen molar-refractivity contribution in [1.29, 1.82) is 0 Å². The summed E-state index contributed by atoms with van der Waals surface area (Å²) >= 11 is 0. The highest BCUT2D eigenvalue weighted by molar-refractivity contribution is 5.81. The molecule has 0 aliphatic carbocycles. The van der Waals surface area contributed by atoms with E-state index in [0.29, 0.717) is 0 Å². The Morgan fingerprint density at radius 1 is 1.47 bits per heavy atom. The van der Waals surface area contributed by atoms with Gasteiger partial charge in [-0.2, -0.15) is 0 Å². The van der Waals surface area contributed by atoms with Gasteiger partial charge in [-0.25, -0.2) is 0 Å². The smallest absolute Gasteiger partial charge is 0.194 e. The fourth-order valence-electron chi connectivity index (χ4n) is 1.65. The first-order valence-corrected chi connectivity index (χ1v) is 5.09. The van der Waals surface area contributed by atoms with E-state index in [9.17, 15) is 0 Å². The lowest BCUT2D eigenvalue weighted by Crippen LogP contribution is -2.35. The van der Waals surface area contributed by atoms with Gasteiger partial charge in [0.1, 0.15) is 5.76 Å². The second kappa shape index (κ2) is 3.92. The van der Waals surface area contributed by atoms with E-state index in [4.69, 9.17) is 4.52 Å². The van der Waals surface area contributed by atoms with E-state index in [0.717, 1.165) is 42.6 Å². The average molecular weight is 208 g/mol. The Hall–Kier alpha value is -1.52. The van der Waals surface area contributed by atoms with E-state index in [1.54, 1.807) is 0 Å². The van der Waals surface area contributed by atoms with E-state index in [1.807, 2.05) is 20.9 Å². The fraction of sp³-hybridized carbons (Fsp3) is 0.600. The van der Waals surface area contributed by atoms with Gasteiger partial charge in [0.05, 0.1) is 12.2 Å². The minimum Gasteiger partial charge on any atom is -0.361 e. The molecule has 1 aromatic heterocycles. The number of aliphatic imine (C=N–C) groups is 1. The number of guanidine groups is 1. The Balaban J connectivity index is 1.99. The molecule has 1 N–H and O–H groups in total. The van der Waals surface area contributed by atoms with Gasteiger partial charge in [0.25, 0.3) is 0 Å². The van der Waals surface area contributed by atoms with Crippen LogP contribution in [0.3, 0.4) is 0 Å². The van der Waals surface area contributed by atoms with Crippen LogP contribution in [-0.2, 0) is 6.54 Å². The van der Waals surface area contributed by atoms with Crippen LogP contribution in [-0.4, -0.2) is 36.2 Å². The summed E-state index contributed by atoms with van der Waals surface area (Å²) in [5.74, 6) is 1.83. The van der Waals surface area contributed by atoms with Crippen molar-refractivity contribution >= 4 is 5.96 Å². The quantitative estimate of drug-likeness (QED) is 0.776.